The lowest BCUT2D eigenvalue weighted by molar-refractivity contribution is 0.479. The third-order valence-electron chi connectivity index (χ3n) is 3.07. The van der Waals surface area contributed by atoms with E-state index in [1.54, 1.807) is 12.1 Å². The van der Waals surface area contributed by atoms with E-state index in [0.29, 0.717) is 17.3 Å². The predicted octanol–water partition coefficient (Wildman–Crippen LogP) is 2.97. The zero-order valence-electron chi connectivity index (χ0n) is 10.6. The number of hydrogen-bond acceptors (Lipinski definition) is 3. The summed E-state index contributed by atoms with van der Waals surface area (Å²) in [5, 5.41) is 13.4. The summed E-state index contributed by atoms with van der Waals surface area (Å²) in [6, 6.07) is 9.78. The number of nitrogen functional groups attached to an aromatic ring is 1. The van der Waals surface area contributed by atoms with E-state index in [9.17, 15) is 0 Å². The van der Waals surface area contributed by atoms with E-state index in [2.05, 4.69) is 25.0 Å². The van der Waals surface area contributed by atoms with Gasteiger partial charge in [0.05, 0.1) is 17.3 Å². The lowest BCUT2D eigenvalue weighted by Gasteiger charge is -2.07. The Morgan fingerprint density at radius 1 is 1.50 bits per heavy atom. The summed E-state index contributed by atoms with van der Waals surface area (Å²) in [6.07, 6.45) is 2.85. The van der Waals surface area contributed by atoms with Crippen LogP contribution in [0, 0.1) is 11.3 Å². The average molecular weight is 240 g/mol. The highest BCUT2D eigenvalue weighted by Crippen LogP contribution is 2.26. The van der Waals surface area contributed by atoms with Crippen molar-refractivity contribution in [2.45, 2.75) is 26.3 Å². The van der Waals surface area contributed by atoms with Crippen LogP contribution in [-0.2, 0) is 0 Å². The normalized spacial score (nSPS) is 12.1. The maximum Gasteiger partial charge on any atom is 0.115 e. The summed E-state index contributed by atoms with van der Waals surface area (Å²) >= 11 is 0. The summed E-state index contributed by atoms with van der Waals surface area (Å²) in [7, 11) is 0. The van der Waals surface area contributed by atoms with Crippen LogP contribution in [-0.4, -0.2) is 9.78 Å². The van der Waals surface area contributed by atoms with Gasteiger partial charge in [-0.05, 0) is 25.5 Å². The molecular weight excluding hydrogens is 224 g/mol. The monoisotopic (exact) mass is 240 g/mol. The Kier molecular flexibility index (Phi) is 3.33. The number of aromatic nitrogens is 2. The maximum absolute atomic E-state index is 8.90. The minimum absolute atomic E-state index is 0.320. The quantitative estimate of drug-likeness (QED) is 0.896. The standard InChI is InChI=1S/C14H16N4/c1-3-10(2)18-9-13(16)14(17-18)12-6-4-5-11(7-12)8-15/h4-7,9-10H,3,16H2,1-2H3. The van der Waals surface area contributed by atoms with Gasteiger partial charge in [0, 0.05) is 17.8 Å². The summed E-state index contributed by atoms with van der Waals surface area (Å²) < 4.78 is 1.88. The van der Waals surface area contributed by atoms with Gasteiger partial charge in [0.25, 0.3) is 0 Å². The van der Waals surface area contributed by atoms with E-state index < -0.39 is 0 Å². The first-order valence-corrected chi connectivity index (χ1v) is 6.01. The molecule has 1 heterocycles. The number of nitrogens with two attached hydrogens (primary N) is 1. The average Bonchev–Trinajstić information content (AvgIpc) is 2.80. The molecule has 4 nitrogen and oxygen atoms in total. The Labute approximate surface area is 107 Å². The van der Waals surface area contributed by atoms with Crippen molar-refractivity contribution in [1.29, 1.82) is 5.26 Å². The lowest BCUT2D eigenvalue weighted by Crippen LogP contribution is -2.04. The molecule has 2 N–H and O–H groups in total. The van der Waals surface area contributed by atoms with Crippen molar-refractivity contribution in [3.63, 3.8) is 0 Å². The van der Waals surface area contributed by atoms with E-state index >= 15 is 0 Å². The molecule has 1 aromatic carbocycles. The van der Waals surface area contributed by atoms with E-state index in [0.717, 1.165) is 17.7 Å². The molecule has 4 heteroatoms. The van der Waals surface area contributed by atoms with E-state index in [1.165, 1.54) is 0 Å². The fourth-order valence-corrected chi connectivity index (χ4v) is 1.78. The second-order valence-electron chi connectivity index (χ2n) is 4.36. The molecular formula is C14H16N4. The Hall–Kier alpha value is -2.28. The van der Waals surface area contributed by atoms with Crippen LogP contribution in [0.5, 0.6) is 0 Å². The molecule has 2 rings (SSSR count). The van der Waals surface area contributed by atoms with Crippen molar-refractivity contribution in [2.24, 2.45) is 0 Å². The van der Waals surface area contributed by atoms with Crippen molar-refractivity contribution in [1.82, 2.24) is 9.78 Å². The predicted molar refractivity (Wildman–Crippen MR) is 71.8 cm³/mol. The second-order valence-corrected chi connectivity index (χ2v) is 4.36. The number of rotatable bonds is 3. The Balaban J connectivity index is 2.44. The summed E-state index contributed by atoms with van der Waals surface area (Å²) in [6.45, 7) is 4.21. The van der Waals surface area contributed by atoms with Gasteiger partial charge in [0.2, 0.25) is 0 Å². The van der Waals surface area contributed by atoms with Crippen LogP contribution in [0.4, 0.5) is 5.69 Å². The number of hydrogen-bond donors (Lipinski definition) is 1. The summed E-state index contributed by atoms with van der Waals surface area (Å²) in [5.74, 6) is 0. The SMILES string of the molecule is CCC(C)n1cc(N)c(-c2cccc(C#N)c2)n1. The zero-order chi connectivity index (χ0) is 13.1. The molecule has 0 amide bonds. The molecule has 0 aliphatic carbocycles. The molecule has 0 saturated heterocycles. The van der Waals surface area contributed by atoms with Gasteiger partial charge in [-0.15, -0.1) is 0 Å². The van der Waals surface area contributed by atoms with Crippen LogP contribution in [0.25, 0.3) is 11.3 Å². The van der Waals surface area contributed by atoms with Crippen molar-refractivity contribution in [2.75, 3.05) is 5.73 Å². The van der Waals surface area contributed by atoms with E-state index in [-0.39, 0.29) is 0 Å². The van der Waals surface area contributed by atoms with E-state index in [4.69, 9.17) is 11.0 Å². The fraction of sp³-hybridized carbons (Fsp3) is 0.286. The van der Waals surface area contributed by atoms with Crippen LogP contribution in [0.3, 0.4) is 0 Å². The fourth-order valence-electron chi connectivity index (χ4n) is 1.78. The first kappa shape index (κ1) is 12.2. The van der Waals surface area contributed by atoms with Crippen LogP contribution >= 0.6 is 0 Å². The van der Waals surface area contributed by atoms with Crippen molar-refractivity contribution in [3.05, 3.63) is 36.0 Å². The molecule has 0 fully saturated rings. The number of anilines is 1. The topological polar surface area (TPSA) is 67.6 Å². The van der Waals surface area contributed by atoms with Gasteiger partial charge in [-0.2, -0.15) is 10.4 Å². The number of benzene rings is 1. The van der Waals surface area contributed by atoms with Gasteiger partial charge in [-0.3, -0.25) is 4.68 Å². The van der Waals surface area contributed by atoms with Gasteiger partial charge in [-0.1, -0.05) is 19.1 Å². The van der Waals surface area contributed by atoms with Gasteiger partial charge in [-0.25, -0.2) is 0 Å². The second kappa shape index (κ2) is 4.92. The third-order valence-corrected chi connectivity index (χ3v) is 3.07. The zero-order valence-corrected chi connectivity index (χ0v) is 10.6. The largest absolute Gasteiger partial charge is 0.396 e. The lowest BCUT2D eigenvalue weighted by atomic mass is 10.1. The van der Waals surface area contributed by atoms with E-state index in [1.807, 2.05) is 23.0 Å². The van der Waals surface area contributed by atoms with Crippen LogP contribution in [0.15, 0.2) is 30.5 Å². The molecule has 1 aromatic heterocycles. The molecule has 0 aliphatic heterocycles. The molecule has 0 radical (unpaired) electrons. The number of nitriles is 1. The molecule has 0 spiro atoms. The molecule has 0 aliphatic rings. The first-order chi connectivity index (χ1) is 8.65. The van der Waals surface area contributed by atoms with Crippen molar-refractivity contribution in [3.8, 4) is 17.3 Å². The van der Waals surface area contributed by atoms with Gasteiger partial charge >= 0.3 is 0 Å². The molecule has 1 atom stereocenters. The minimum atomic E-state index is 0.320. The van der Waals surface area contributed by atoms with Crippen molar-refractivity contribution >= 4 is 5.69 Å². The highest BCUT2D eigenvalue weighted by molar-refractivity contribution is 5.72. The summed E-state index contributed by atoms with van der Waals surface area (Å²) in [5.41, 5.74) is 8.88. The first-order valence-electron chi connectivity index (χ1n) is 6.01. The van der Waals surface area contributed by atoms with Crippen LogP contribution in [0.2, 0.25) is 0 Å². The highest BCUT2D eigenvalue weighted by Gasteiger charge is 2.11. The minimum Gasteiger partial charge on any atom is -0.396 e. The number of nitrogens with zero attached hydrogens (tertiary/aromatic N) is 3. The molecule has 18 heavy (non-hydrogen) atoms. The Morgan fingerprint density at radius 3 is 2.94 bits per heavy atom. The third kappa shape index (κ3) is 2.21. The van der Waals surface area contributed by atoms with Crippen molar-refractivity contribution < 1.29 is 0 Å². The molecule has 2 aromatic rings. The Bertz CT molecular complexity index is 592. The van der Waals surface area contributed by atoms with Gasteiger partial charge < -0.3 is 5.73 Å². The van der Waals surface area contributed by atoms with Gasteiger partial charge in [0.15, 0.2) is 0 Å². The van der Waals surface area contributed by atoms with Crippen LogP contribution < -0.4 is 5.73 Å². The molecule has 92 valence electrons. The molecule has 1 unspecified atom stereocenters. The smallest absolute Gasteiger partial charge is 0.115 e. The molecule has 0 bridgehead atoms. The summed E-state index contributed by atoms with van der Waals surface area (Å²) in [4.78, 5) is 0. The van der Waals surface area contributed by atoms with Crippen LogP contribution in [0.1, 0.15) is 31.9 Å². The Morgan fingerprint density at radius 2 is 2.28 bits per heavy atom. The maximum atomic E-state index is 8.90. The highest BCUT2D eigenvalue weighted by atomic mass is 15.3. The molecule has 0 saturated carbocycles. The van der Waals surface area contributed by atoms with Gasteiger partial charge in [0.1, 0.15) is 5.69 Å².